The molecule has 0 bridgehead atoms. The molecular formula is H6BCsO4. The van der Waals surface area contributed by atoms with Crippen LogP contribution in [0.4, 0.5) is 0 Å². The van der Waals surface area contributed by atoms with Gasteiger partial charge in [0, 0.05) is 0 Å². The number of hydrogen-bond acceptors (Lipinski definition) is 3. The molecule has 0 atom stereocenters. The molecule has 34 valence electrons. The second-order valence-electron chi connectivity index (χ2n) is 0.346. The van der Waals surface area contributed by atoms with E-state index in [0.29, 0.717) is 0 Å². The molecule has 0 aliphatic rings. The van der Waals surface area contributed by atoms with Crippen molar-refractivity contribution in [3.63, 3.8) is 0 Å². The zero-order chi connectivity index (χ0) is 3.58. The van der Waals surface area contributed by atoms with Gasteiger partial charge >= 0.3 is 76.2 Å². The second-order valence-corrected chi connectivity index (χ2v) is 0.346. The van der Waals surface area contributed by atoms with Gasteiger partial charge in [-0.15, -0.1) is 0 Å². The zero-order valence-electron chi connectivity index (χ0n) is 4.42. The Hall–Kier alpha value is 1.96. The van der Waals surface area contributed by atoms with Crippen LogP contribution in [-0.4, -0.2) is 27.9 Å². The van der Waals surface area contributed by atoms with Crippen LogP contribution in [0.25, 0.3) is 0 Å². The molecule has 0 aromatic heterocycles. The number of hydrogen-bond donors (Lipinski definition) is 3. The average Bonchev–Trinajstić information content (AvgIpc) is 0.811. The Labute approximate surface area is 96.0 Å². The van der Waals surface area contributed by atoms with Crippen LogP contribution in [-0.2, 0) is 0 Å². The van der Waals surface area contributed by atoms with E-state index in [0.717, 1.165) is 0 Å². The first-order valence-electron chi connectivity index (χ1n) is 0.775. The van der Waals surface area contributed by atoms with E-state index < -0.39 is 7.32 Å². The van der Waals surface area contributed by atoms with Crippen molar-refractivity contribution in [2.24, 2.45) is 0 Å². The molecule has 5 N–H and O–H groups in total. The molecular weight excluding hydrogens is 208 g/mol. The summed E-state index contributed by atoms with van der Waals surface area (Å²) >= 11 is 0. The van der Waals surface area contributed by atoms with Gasteiger partial charge in [0.25, 0.3) is 0 Å². The van der Waals surface area contributed by atoms with Gasteiger partial charge < -0.3 is 22.0 Å². The smallest absolute Gasteiger partial charge is 1.00 e. The Morgan fingerprint density at radius 2 is 1.17 bits per heavy atom. The topological polar surface area (TPSA) is 92.2 Å². The van der Waals surface area contributed by atoms with E-state index in [1.165, 1.54) is 0 Å². The van der Waals surface area contributed by atoms with Crippen molar-refractivity contribution in [3.05, 3.63) is 0 Å². The summed E-state index contributed by atoms with van der Waals surface area (Å²) in [4.78, 5) is 0. The molecule has 0 fully saturated rings. The first kappa shape index (κ1) is 15.7. The molecule has 0 aromatic carbocycles. The molecule has 0 spiro atoms. The summed E-state index contributed by atoms with van der Waals surface area (Å²) in [7, 11) is -2.17. The summed E-state index contributed by atoms with van der Waals surface area (Å²) in [5, 5.41) is 21.5. The average molecular weight is 214 g/mol. The minimum Gasteiger partial charge on any atom is -1.00 e. The molecule has 6 heteroatoms. The van der Waals surface area contributed by atoms with Gasteiger partial charge in [-0.2, -0.15) is 0 Å². The monoisotopic (exact) mass is 214 g/mol. The second kappa shape index (κ2) is 10.0. The van der Waals surface area contributed by atoms with E-state index in [9.17, 15) is 0 Å². The van der Waals surface area contributed by atoms with Crippen LogP contribution in [0.1, 0.15) is 1.43 Å². The van der Waals surface area contributed by atoms with E-state index in [4.69, 9.17) is 15.1 Å². The first-order valence-corrected chi connectivity index (χ1v) is 0.775. The third-order valence-corrected chi connectivity index (χ3v) is 0. The summed E-state index contributed by atoms with van der Waals surface area (Å²) in [6.07, 6.45) is 0. The normalized spacial score (nSPS) is 4.50. The van der Waals surface area contributed by atoms with Gasteiger partial charge in [0.2, 0.25) is 0 Å². The van der Waals surface area contributed by atoms with E-state index in [1.807, 2.05) is 0 Å². The molecule has 6 heavy (non-hydrogen) atoms. The number of rotatable bonds is 0. The first-order chi connectivity index (χ1) is 1.73. The SMILES string of the molecule is O.OB(O)O.[Cs+].[H-]. The van der Waals surface area contributed by atoms with E-state index >= 15 is 0 Å². The van der Waals surface area contributed by atoms with Crippen LogP contribution >= 0.6 is 0 Å². The van der Waals surface area contributed by atoms with Gasteiger partial charge in [0.15, 0.2) is 0 Å². The van der Waals surface area contributed by atoms with Gasteiger partial charge in [-0.05, 0) is 0 Å². The van der Waals surface area contributed by atoms with Crippen LogP contribution in [0.5, 0.6) is 0 Å². The Balaban J connectivity index is -0.0000000150. The van der Waals surface area contributed by atoms with Gasteiger partial charge in [0.05, 0.1) is 0 Å². The summed E-state index contributed by atoms with van der Waals surface area (Å²) in [6, 6.07) is 0. The van der Waals surface area contributed by atoms with Crippen molar-refractivity contribution >= 4 is 7.32 Å². The minimum absolute atomic E-state index is 0. The van der Waals surface area contributed by atoms with E-state index in [1.54, 1.807) is 0 Å². The molecule has 0 saturated heterocycles. The van der Waals surface area contributed by atoms with Crippen molar-refractivity contribution in [2.75, 3.05) is 0 Å². The van der Waals surface area contributed by atoms with Crippen LogP contribution in [0.2, 0.25) is 0 Å². The van der Waals surface area contributed by atoms with Crippen LogP contribution in [0.15, 0.2) is 0 Å². The molecule has 0 unspecified atom stereocenters. The molecule has 0 aliphatic heterocycles. The Morgan fingerprint density at radius 1 is 1.17 bits per heavy atom. The van der Waals surface area contributed by atoms with Crippen LogP contribution < -0.4 is 68.9 Å². The summed E-state index contributed by atoms with van der Waals surface area (Å²) in [5.74, 6) is 0. The zero-order valence-corrected chi connectivity index (χ0v) is 9.70. The maximum Gasteiger partial charge on any atom is 1.00 e. The van der Waals surface area contributed by atoms with E-state index in [2.05, 4.69) is 0 Å². The Bertz CT molecular complexity index is 16.4. The van der Waals surface area contributed by atoms with Crippen molar-refractivity contribution in [2.45, 2.75) is 0 Å². The Morgan fingerprint density at radius 3 is 1.17 bits per heavy atom. The van der Waals surface area contributed by atoms with Crippen LogP contribution in [0, 0.1) is 0 Å². The van der Waals surface area contributed by atoms with Gasteiger partial charge in [-0.25, -0.2) is 0 Å². The standard InChI is InChI=1S/BH3O3.Cs.H2O.H/c2-1(3)4;;;/h2-4H;;1H2;/q;+1;;-1. The molecule has 4 nitrogen and oxygen atoms in total. The maximum atomic E-state index is 7.17. The molecule has 0 rings (SSSR count). The summed E-state index contributed by atoms with van der Waals surface area (Å²) < 4.78 is 0. The Kier molecular flexibility index (Phi) is 26.2. The minimum atomic E-state index is -2.17. The molecule has 0 aromatic rings. The van der Waals surface area contributed by atoms with Crippen molar-refractivity contribution in [1.29, 1.82) is 0 Å². The predicted octanol–water partition coefficient (Wildman–Crippen LogP) is -5.76. The largest absolute Gasteiger partial charge is 1.00 e. The molecule has 0 radical (unpaired) electrons. The molecule has 0 amide bonds. The van der Waals surface area contributed by atoms with Crippen molar-refractivity contribution in [1.82, 2.24) is 0 Å². The quantitative estimate of drug-likeness (QED) is 0.350. The fourth-order valence-electron chi connectivity index (χ4n) is 0. The van der Waals surface area contributed by atoms with Crippen LogP contribution in [0.3, 0.4) is 0 Å². The third-order valence-electron chi connectivity index (χ3n) is 0. The van der Waals surface area contributed by atoms with Crippen molar-refractivity contribution < 1.29 is 90.9 Å². The fourth-order valence-corrected chi connectivity index (χ4v) is 0. The summed E-state index contributed by atoms with van der Waals surface area (Å²) in [6.45, 7) is 0. The third kappa shape index (κ3) is 38.2. The van der Waals surface area contributed by atoms with Gasteiger partial charge in [-0.3, -0.25) is 0 Å². The predicted molar refractivity (Wildman–Crippen MR) is 17.1 cm³/mol. The fraction of sp³-hybridized carbons (Fsp3) is 0. The van der Waals surface area contributed by atoms with E-state index in [-0.39, 0.29) is 75.8 Å². The maximum absolute atomic E-state index is 7.17. The molecule has 0 heterocycles. The summed E-state index contributed by atoms with van der Waals surface area (Å²) in [5.41, 5.74) is 0. The van der Waals surface area contributed by atoms with Gasteiger partial charge in [-0.1, -0.05) is 0 Å². The molecule has 0 aliphatic carbocycles. The molecule has 0 saturated carbocycles. The van der Waals surface area contributed by atoms with Gasteiger partial charge in [0.1, 0.15) is 0 Å². The van der Waals surface area contributed by atoms with Crippen molar-refractivity contribution in [3.8, 4) is 0 Å².